The largest absolute Gasteiger partial charge is 0.370 e. The second-order valence-corrected chi connectivity index (χ2v) is 3.59. The van der Waals surface area contributed by atoms with Crippen LogP contribution in [0.4, 0.5) is 0 Å². The predicted molar refractivity (Wildman–Crippen MR) is 51.8 cm³/mol. The van der Waals surface area contributed by atoms with E-state index in [1.165, 1.54) is 0 Å². The molecular weight excluding hydrogens is 250 g/mol. The lowest BCUT2D eigenvalue weighted by atomic mass is 10.5. The molecule has 14 heavy (non-hydrogen) atoms. The fraction of sp³-hybridized carbons (Fsp3) is 0.143. The van der Waals surface area contributed by atoms with E-state index in [2.05, 4.69) is 31.5 Å². The van der Waals surface area contributed by atoms with Crippen LogP contribution in [0, 0.1) is 0 Å². The van der Waals surface area contributed by atoms with Crippen molar-refractivity contribution >= 4 is 15.9 Å². The first kappa shape index (κ1) is 9.22. The number of nitrogens with one attached hydrogen (secondary N) is 1. The molecule has 0 spiro atoms. The molecule has 0 fully saturated rings. The fourth-order valence-corrected chi connectivity index (χ4v) is 1.17. The molecule has 1 aromatic rings. The van der Waals surface area contributed by atoms with Crippen LogP contribution in [0.5, 0.6) is 0 Å². The van der Waals surface area contributed by atoms with E-state index in [0.29, 0.717) is 18.3 Å². The van der Waals surface area contributed by atoms with Gasteiger partial charge in [0.25, 0.3) is 0 Å². The van der Waals surface area contributed by atoms with Gasteiger partial charge in [0, 0.05) is 12.4 Å². The van der Waals surface area contributed by atoms with Crippen LogP contribution in [0.1, 0.15) is 5.82 Å². The van der Waals surface area contributed by atoms with Crippen LogP contribution in [0.25, 0.3) is 0 Å². The van der Waals surface area contributed by atoms with Crippen LogP contribution in [-0.2, 0) is 11.4 Å². The minimum atomic E-state index is 0.321. The summed E-state index contributed by atoms with van der Waals surface area (Å²) in [7, 11) is 0. The summed E-state index contributed by atoms with van der Waals surface area (Å²) in [5.74, 6) is 0.998. The molecule has 0 saturated heterocycles. The Hall–Kier alpha value is -1.34. The first-order valence-electron chi connectivity index (χ1n) is 3.87. The van der Waals surface area contributed by atoms with Gasteiger partial charge in [-0.3, -0.25) is 5.01 Å². The molecule has 2 heterocycles. The lowest BCUT2D eigenvalue weighted by Crippen LogP contribution is -2.27. The zero-order valence-electron chi connectivity index (χ0n) is 7.14. The van der Waals surface area contributed by atoms with E-state index in [9.17, 15) is 0 Å². The predicted octanol–water partition coefficient (Wildman–Crippen LogP) is 0.248. The number of nitrogens with zero attached hydrogens (tertiary/aromatic N) is 3. The number of hydrazine groups is 1. The number of hydrogen-bond acceptors (Lipinski definition) is 6. The molecular formula is C7H8BrN5O. The Labute approximate surface area is 88.8 Å². The number of nitrogens with two attached hydrogens (primary N) is 1. The molecule has 0 atom stereocenters. The first-order chi connectivity index (χ1) is 6.74. The molecule has 7 heteroatoms. The quantitative estimate of drug-likeness (QED) is 0.791. The van der Waals surface area contributed by atoms with E-state index in [1.807, 2.05) is 0 Å². The minimum Gasteiger partial charge on any atom is -0.370 e. The maximum Gasteiger partial charge on any atom is 0.229 e. The third kappa shape index (κ3) is 2.12. The van der Waals surface area contributed by atoms with Crippen LogP contribution in [0.3, 0.4) is 0 Å². The Morgan fingerprint density at radius 3 is 2.79 bits per heavy atom. The number of rotatable bonds is 2. The molecule has 1 aliphatic rings. The monoisotopic (exact) mass is 257 g/mol. The molecule has 6 nitrogen and oxygen atoms in total. The van der Waals surface area contributed by atoms with E-state index < -0.39 is 0 Å². The van der Waals surface area contributed by atoms with Gasteiger partial charge in [-0.2, -0.15) is 0 Å². The molecule has 1 aliphatic heterocycles. The second-order valence-electron chi connectivity index (χ2n) is 2.67. The smallest absolute Gasteiger partial charge is 0.229 e. The van der Waals surface area contributed by atoms with Crippen molar-refractivity contribution in [3.63, 3.8) is 0 Å². The Morgan fingerprint density at radius 1 is 1.50 bits per heavy atom. The topological polar surface area (TPSA) is 76.3 Å². The maximum atomic E-state index is 5.39. The van der Waals surface area contributed by atoms with Crippen molar-refractivity contribution < 1.29 is 4.84 Å². The van der Waals surface area contributed by atoms with Gasteiger partial charge >= 0.3 is 0 Å². The van der Waals surface area contributed by atoms with Gasteiger partial charge in [0.05, 0.1) is 17.2 Å². The zero-order chi connectivity index (χ0) is 9.97. The van der Waals surface area contributed by atoms with Crippen LogP contribution in [0.15, 0.2) is 28.9 Å². The van der Waals surface area contributed by atoms with Gasteiger partial charge in [0.15, 0.2) is 0 Å². The lowest BCUT2D eigenvalue weighted by molar-refractivity contribution is 0.0154. The summed E-state index contributed by atoms with van der Waals surface area (Å²) in [6.07, 6.45) is 5.00. The van der Waals surface area contributed by atoms with Crippen molar-refractivity contribution in [1.82, 2.24) is 20.6 Å². The van der Waals surface area contributed by atoms with Crippen molar-refractivity contribution in [3.8, 4) is 0 Å². The van der Waals surface area contributed by atoms with Crippen molar-refractivity contribution in [1.29, 1.82) is 0 Å². The Balaban J connectivity index is 2.01. The van der Waals surface area contributed by atoms with Crippen molar-refractivity contribution in [2.45, 2.75) is 6.54 Å². The number of hydrogen-bond donors (Lipinski definition) is 2. The zero-order valence-corrected chi connectivity index (χ0v) is 8.73. The number of aromatic nitrogens is 2. The highest BCUT2D eigenvalue weighted by Crippen LogP contribution is 2.07. The molecule has 0 saturated carbocycles. The average molecular weight is 258 g/mol. The van der Waals surface area contributed by atoms with Gasteiger partial charge in [-0.25, -0.2) is 9.97 Å². The van der Waals surface area contributed by atoms with E-state index in [4.69, 9.17) is 10.6 Å². The Kier molecular flexibility index (Phi) is 2.51. The Morgan fingerprint density at radius 2 is 2.21 bits per heavy atom. The molecule has 0 amide bonds. The molecule has 0 unspecified atom stereocenters. The van der Waals surface area contributed by atoms with E-state index >= 15 is 0 Å². The van der Waals surface area contributed by atoms with Gasteiger partial charge in [-0.05, 0) is 15.9 Å². The highest BCUT2D eigenvalue weighted by molar-refractivity contribution is 9.10. The summed E-state index contributed by atoms with van der Waals surface area (Å²) in [6, 6.07) is 0. The molecule has 1 aromatic heterocycles. The molecule has 0 bridgehead atoms. The van der Waals surface area contributed by atoms with Gasteiger partial charge in [-0.15, -0.1) is 0 Å². The maximum absolute atomic E-state index is 5.39. The normalized spacial score (nSPS) is 15.2. The van der Waals surface area contributed by atoms with Gasteiger partial charge in [0.1, 0.15) is 5.82 Å². The molecule has 2 rings (SSSR count). The van der Waals surface area contributed by atoms with Gasteiger partial charge in [0.2, 0.25) is 5.88 Å². The van der Waals surface area contributed by atoms with E-state index in [-0.39, 0.29) is 0 Å². The average Bonchev–Trinajstić information content (AvgIpc) is 2.56. The lowest BCUT2D eigenvalue weighted by Gasteiger charge is -2.11. The van der Waals surface area contributed by atoms with E-state index in [1.54, 1.807) is 23.6 Å². The molecule has 74 valence electrons. The molecule has 0 radical (unpaired) electrons. The van der Waals surface area contributed by atoms with Crippen LogP contribution >= 0.6 is 15.9 Å². The molecule has 0 aliphatic carbocycles. The summed E-state index contributed by atoms with van der Waals surface area (Å²) in [5, 5.41) is 1.65. The number of halogens is 1. The first-order valence-corrected chi connectivity index (χ1v) is 4.66. The fourth-order valence-electron chi connectivity index (χ4n) is 0.969. The van der Waals surface area contributed by atoms with Crippen molar-refractivity contribution in [3.05, 3.63) is 34.8 Å². The second kappa shape index (κ2) is 3.81. The SMILES string of the molecule is NC1=CN(Cc2ncc(Br)cn2)NO1. The van der Waals surface area contributed by atoms with Gasteiger partial charge in [-0.1, -0.05) is 5.59 Å². The summed E-state index contributed by atoms with van der Waals surface area (Å²) >= 11 is 3.26. The van der Waals surface area contributed by atoms with Crippen molar-refractivity contribution in [2.24, 2.45) is 5.73 Å². The standard InChI is InChI=1S/C7H8BrN5O/c8-5-1-10-7(11-2-5)4-13-3-6(9)14-12-13/h1-3,12H,4,9H2. The summed E-state index contributed by atoms with van der Waals surface area (Å²) < 4.78 is 0.849. The summed E-state index contributed by atoms with van der Waals surface area (Å²) in [5.41, 5.74) is 7.98. The minimum absolute atomic E-state index is 0.321. The van der Waals surface area contributed by atoms with Crippen LogP contribution in [0.2, 0.25) is 0 Å². The third-order valence-corrected chi connectivity index (χ3v) is 1.96. The molecule has 3 N–H and O–H groups in total. The highest BCUT2D eigenvalue weighted by Gasteiger charge is 2.11. The highest BCUT2D eigenvalue weighted by atomic mass is 79.9. The van der Waals surface area contributed by atoms with Crippen LogP contribution in [-0.4, -0.2) is 15.0 Å². The van der Waals surface area contributed by atoms with Crippen molar-refractivity contribution in [2.75, 3.05) is 0 Å². The summed E-state index contributed by atoms with van der Waals surface area (Å²) in [4.78, 5) is 13.0. The molecule has 0 aromatic carbocycles. The summed E-state index contributed by atoms with van der Waals surface area (Å²) in [6.45, 7) is 0.494. The Bertz CT molecular complexity index is 352. The third-order valence-electron chi connectivity index (χ3n) is 1.55. The van der Waals surface area contributed by atoms with E-state index in [0.717, 1.165) is 4.47 Å². The van der Waals surface area contributed by atoms with Crippen LogP contribution < -0.4 is 11.3 Å². The van der Waals surface area contributed by atoms with Gasteiger partial charge < -0.3 is 10.6 Å².